The highest BCUT2D eigenvalue weighted by Crippen LogP contribution is 2.17. The van der Waals surface area contributed by atoms with Crippen LogP contribution < -0.4 is 0 Å². The Morgan fingerprint density at radius 2 is 1.41 bits per heavy atom. The van der Waals surface area contributed by atoms with Gasteiger partial charge in [0.25, 0.3) is 0 Å². The number of aliphatic hydroxyl groups excluding tert-OH is 1. The normalized spacial score (nSPS) is 15.2. The largest absolute Gasteiger partial charge is 0.418 e. The van der Waals surface area contributed by atoms with Crippen molar-refractivity contribution in [3.8, 4) is 0 Å². The van der Waals surface area contributed by atoms with E-state index in [4.69, 9.17) is 14.2 Å². The second kappa shape index (κ2) is 13.8. The van der Waals surface area contributed by atoms with E-state index in [1.807, 2.05) is 75.3 Å². The van der Waals surface area contributed by atoms with Crippen LogP contribution in [0.25, 0.3) is 0 Å². The molecule has 1 N–H and O–H groups in total. The molecule has 0 aliphatic heterocycles. The fourth-order valence-corrected chi connectivity index (χ4v) is 2.97. The number of rotatable bonds is 12. The maximum absolute atomic E-state index is 12.2. The Balaban J connectivity index is 4.82. The number of hydrogen-bond donors (Lipinski definition) is 1. The Labute approximate surface area is 177 Å². The molecule has 0 fully saturated rings. The zero-order valence-corrected chi connectivity index (χ0v) is 20.0. The number of carbonyl (C=O) groups excluding carboxylic acids is 1. The van der Waals surface area contributed by atoms with Crippen LogP contribution in [-0.4, -0.2) is 52.8 Å². The van der Waals surface area contributed by atoms with E-state index >= 15 is 0 Å². The van der Waals surface area contributed by atoms with Gasteiger partial charge in [-0.15, -0.1) is 0 Å². The van der Waals surface area contributed by atoms with Crippen LogP contribution in [-0.2, 0) is 14.2 Å². The molecule has 0 aromatic heterocycles. The summed E-state index contributed by atoms with van der Waals surface area (Å²) in [5.41, 5.74) is 0.823. The number of carbonyl (C=O) groups is 1. The Hall–Kier alpha value is -1.37. The standard InChI is InChI=1S/C23H43NO5/c1-15(2)24(16(3)4)23(26)27-14-13-20(10)22(25)19(9)11-12-21(28-17(5)6)29-18(7)8/h11,13-18,20-22,25H,12H2,1-10H3/b14-13-,19-11+/t20-,22+/m0/s1. The highest BCUT2D eigenvalue weighted by Gasteiger charge is 2.21. The summed E-state index contributed by atoms with van der Waals surface area (Å²) in [5.74, 6) is -0.207. The lowest BCUT2D eigenvalue weighted by Crippen LogP contribution is -2.41. The summed E-state index contributed by atoms with van der Waals surface area (Å²) in [6, 6.07) is 0.108. The zero-order valence-electron chi connectivity index (χ0n) is 20.0. The highest BCUT2D eigenvalue weighted by atomic mass is 16.7. The monoisotopic (exact) mass is 413 g/mol. The minimum atomic E-state index is -0.685. The summed E-state index contributed by atoms with van der Waals surface area (Å²) in [5, 5.41) is 10.6. The van der Waals surface area contributed by atoms with E-state index in [1.54, 1.807) is 11.0 Å². The Bertz CT molecular complexity index is 507. The summed E-state index contributed by atoms with van der Waals surface area (Å²) in [6.45, 7) is 19.4. The van der Waals surface area contributed by atoms with Gasteiger partial charge < -0.3 is 24.2 Å². The third kappa shape index (κ3) is 11.4. The van der Waals surface area contributed by atoms with Crippen molar-refractivity contribution in [2.24, 2.45) is 5.92 Å². The molecule has 1 amide bonds. The van der Waals surface area contributed by atoms with Gasteiger partial charge in [0.1, 0.15) is 0 Å². The van der Waals surface area contributed by atoms with Crippen LogP contribution in [0, 0.1) is 5.92 Å². The third-order valence-corrected chi connectivity index (χ3v) is 4.32. The molecule has 0 rings (SSSR count). The maximum Gasteiger partial charge on any atom is 0.415 e. The second-order valence-electron chi connectivity index (χ2n) is 8.59. The first-order chi connectivity index (χ1) is 13.4. The molecule has 170 valence electrons. The molecule has 0 spiro atoms. The molecule has 0 aliphatic carbocycles. The molecule has 0 radical (unpaired) electrons. The molecular weight excluding hydrogens is 370 g/mol. The number of hydrogen-bond acceptors (Lipinski definition) is 5. The topological polar surface area (TPSA) is 68.2 Å². The van der Waals surface area contributed by atoms with E-state index in [1.165, 1.54) is 6.26 Å². The molecule has 0 bridgehead atoms. The Morgan fingerprint density at radius 3 is 1.83 bits per heavy atom. The van der Waals surface area contributed by atoms with Crippen molar-refractivity contribution in [1.29, 1.82) is 0 Å². The van der Waals surface area contributed by atoms with Crippen LogP contribution in [0.15, 0.2) is 24.0 Å². The van der Waals surface area contributed by atoms with E-state index in [2.05, 4.69) is 0 Å². The van der Waals surface area contributed by atoms with Crippen LogP contribution in [0.5, 0.6) is 0 Å². The number of nitrogens with zero attached hydrogens (tertiary/aromatic N) is 1. The molecule has 29 heavy (non-hydrogen) atoms. The van der Waals surface area contributed by atoms with Gasteiger partial charge in [0.2, 0.25) is 0 Å². The predicted molar refractivity (Wildman–Crippen MR) is 118 cm³/mol. The van der Waals surface area contributed by atoms with E-state index in [0.29, 0.717) is 6.42 Å². The van der Waals surface area contributed by atoms with Crippen molar-refractivity contribution in [2.75, 3.05) is 0 Å². The van der Waals surface area contributed by atoms with Gasteiger partial charge in [-0.2, -0.15) is 0 Å². The molecular formula is C23H43NO5. The summed E-state index contributed by atoms with van der Waals surface area (Å²) in [7, 11) is 0. The Kier molecular flexibility index (Phi) is 13.1. The van der Waals surface area contributed by atoms with Gasteiger partial charge in [-0.05, 0) is 74.0 Å². The van der Waals surface area contributed by atoms with Crippen LogP contribution in [0.2, 0.25) is 0 Å². The van der Waals surface area contributed by atoms with Crippen molar-refractivity contribution in [3.05, 3.63) is 24.0 Å². The minimum Gasteiger partial charge on any atom is -0.418 e. The van der Waals surface area contributed by atoms with Gasteiger partial charge in [0.15, 0.2) is 6.29 Å². The fraction of sp³-hybridized carbons (Fsp3) is 0.783. The highest BCUT2D eigenvalue weighted by molar-refractivity contribution is 5.68. The molecule has 0 unspecified atom stereocenters. The van der Waals surface area contributed by atoms with Gasteiger partial charge in [0.05, 0.1) is 24.6 Å². The van der Waals surface area contributed by atoms with Crippen molar-refractivity contribution in [2.45, 2.75) is 112 Å². The summed E-state index contributed by atoms with van der Waals surface area (Å²) in [4.78, 5) is 13.9. The minimum absolute atomic E-state index is 0.0538. The van der Waals surface area contributed by atoms with Crippen molar-refractivity contribution >= 4 is 6.09 Å². The number of amides is 1. The third-order valence-electron chi connectivity index (χ3n) is 4.32. The van der Waals surface area contributed by atoms with Crippen LogP contribution in [0.1, 0.15) is 75.7 Å². The van der Waals surface area contributed by atoms with Crippen LogP contribution in [0.4, 0.5) is 4.79 Å². The lowest BCUT2D eigenvalue weighted by molar-refractivity contribution is -0.178. The summed E-state index contributed by atoms with van der Waals surface area (Å²) >= 11 is 0. The second-order valence-corrected chi connectivity index (χ2v) is 8.59. The zero-order chi connectivity index (χ0) is 22.7. The molecule has 6 nitrogen and oxygen atoms in total. The van der Waals surface area contributed by atoms with E-state index in [-0.39, 0.29) is 42.6 Å². The van der Waals surface area contributed by atoms with Crippen molar-refractivity contribution in [1.82, 2.24) is 4.90 Å². The van der Waals surface area contributed by atoms with Gasteiger partial charge in [0, 0.05) is 24.4 Å². The smallest absolute Gasteiger partial charge is 0.415 e. The number of ether oxygens (including phenoxy) is 3. The molecule has 0 aromatic carbocycles. The molecule has 0 aromatic rings. The lowest BCUT2D eigenvalue weighted by Gasteiger charge is -2.29. The first-order valence-corrected chi connectivity index (χ1v) is 10.7. The average Bonchev–Trinajstić information content (AvgIpc) is 2.56. The van der Waals surface area contributed by atoms with Crippen LogP contribution >= 0.6 is 0 Å². The molecule has 0 saturated carbocycles. The quantitative estimate of drug-likeness (QED) is 0.268. The van der Waals surface area contributed by atoms with Crippen LogP contribution in [0.3, 0.4) is 0 Å². The average molecular weight is 414 g/mol. The van der Waals surface area contributed by atoms with Gasteiger partial charge in [-0.3, -0.25) is 0 Å². The Morgan fingerprint density at radius 1 is 0.931 bits per heavy atom. The molecule has 0 aliphatic rings. The maximum atomic E-state index is 12.2. The van der Waals surface area contributed by atoms with E-state index < -0.39 is 6.10 Å². The van der Waals surface area contributed by atoms with Crippen molar-refractivity contribution < 1.29 is 24.1 Å². The van der Waals surface area contributed by atoms with Gasteiger partial charge >= 0.3 is 6.09 Å². The summed E-state index contributed by atoms with van der Waals surface area (Å²) < 4.78 is 16.8. The molecule has 6 heteroatoms. The lowest BCUT2D eigenvalue weighted by atomic mass is 9.97. The molecule has 0 saturated heterocycles. The SMILES string of the molecule is C/C(=C\CC(OC(C)C)OC(C)C)[C@@H](O)[C@@H](C)/C=C\OC(=O)N(C(C)C)C(C)C. The van der Waals surface area contributed by atoms with Gasteiger partial charge in [-0.25, -0.2) is 4.79 Å². The van der Waals surface area contributed by atoms with E-state index in [0.717, 1.165) is 5.57 Å². The number of aliphatic hydroxyl groups is 1. The first kappa shape index (κ1) is 27.6. The van der Waals surface area contributed by atoms with E-state index in [9.17, 15) is 9.90 Å². The predicted octanol–water partition coefficient (Wildman–Crippen LogP) is 5.27. The van der Waals surface area contributed by atoms with Crippen molar-refractivity contribution in [3.63, 3.8) is 0 Å². The first-order valence-electron chi connectivity index (χ1n) is 10.7. The molecule has 0 heterocycles. The van der Waals surface area contributed by atoms with Gasteiger partial charge in [-0.1, -0.05) is 13.0 Å². The molecule has 2 atom stereocenters. The fourth-order valence-electron chi connectivity index (χ4n) is 2.97. The summed E-state index contributed by atoms with van der Waals surface area (Å²) in [6.07, 6.45) is 4.27.